The summed E-state index contributed by atoms with van der Waals surface area (Å²) in [5.41, 5.74) is 2.78. The number of para-hydroxylation sites is 2. The maximum absolute atomic E-state index is 12.9. The van der Waals surface area contributed by atoms with E-state index in [9.17, 15) is 4.79 Å². The van der Waals surface area contributed by atoms with E-state index in [2.05, 4.69) is 20.9 Å². The van der Waals surface area contributed by atoms with E-state index in [1.165, 1.54) is 0 Å². The van der Waals surface area contributed by atoms with Gasteiger partial charge < -0.3 is 14.6 Å². The van der Waals surface area contributed by atoms with Crippen molar-refractivity contribution in [1.82, 2.24) is 19.8 Å². The quantitative estimate of drug-likeness (QED) is 0.531. The summed E-state index contributed by atoms with van der Waals surface area (Å²) in [4.78, 5) is 24.6. The van der Waals surface area contributed by atoms with Crippen molar-refractivity contribution in [2.45, 2.75) is 6.54 Å². The number of fused-ring (bicyclic) bond motifs is 1. The number of nitrogens with zero attached hydrogens (tertiary/aromatic N) is 3. The van der Waals surface area contributed by atoms with Gasteiger partial charge in [0, 0.05) is 55.4 Å². The highest BCUT2D eigenvalue weighted by Crippen LogP contribution is 2.26. The zero-order valence-corrected chi connectivity index (χ0v) is 17.2. The van der Waals surface area contributed by atoms with Crippen LogP contribution in [0.15, 0.2) is 79.1 Å². The Labute approximate surface area is 181 Å². The Morgan fingerprint density at radius 1 is 0.968 bits per heavy atom. The molecule has 31 heavy (non-hydrogen) atoms. The van der Waals surface area contributed by atoms with Crippen molar-refractivity contribution in [1.29, 1.82) is 0 Å². The highest BCUT2D eigenvalue weighted by Gasteiger charge is 2.24. The molecule has 0 spiro atoms. The Bertz CT molecular complexity index is 1150. The highest BCUT2D eigenvalue weighted by molar-refractivity contribution is 5.98. The molecule has 4 aromatic rings. The first-order valence-corrected chi connectivity index (χ1v) is 10.5. The summed E-state index contributed by atoms with van der Waals surface area (Å²) in [6, 6.07) is 21.8. The molecule has 0 bridgehead atoms. The summed E-state index contributed by atoms with van der Waals surface area (Å²) in [5.74, 6) is 1.63. The van der Waals surface area contributed by atoms with Gasteiger partial charge in [0.1, 0.15) is 17.2 Å². The van der Waals surface area contributed by atoms with Crippen molar-refractivity contribution in [2.75, 3.05) is 26.2 Å². The summed E-state index contributed by atoms with van der Waals surface area (Å²) < 4.78 is 6.04. The molecule has 0 radical (unpaired) electrons. The van der Waals surface area contributed by atoms with Crippen LogP contribution in [-0.4, -0.2) is 51.9 Å². The minimum Gasteiger partial charge on any atom is -0.455 e. The van der Waals surface area contributed by atoms with Gasteiger partial charge in [0.15, 0.2) is 0 Å². The molecule has 1 N–H and O–H groups in total. The molecule has 1 saturated heterocycles. The fourth-order valence-electron chi connectivity index (χ4n) is 3.98. The van der Waals surface area contributed by atoms with Crippen LogP contribution in [0.5, 0.6) is 11.5 Å². The largest absolute Gasteiger partial charge is 0.455 e. The standard InChI is InChI=1S/C25H24N4O2/c30-25(23-16-19-6-1-3-9-22(19)27-23)29-14-12-28(13-15-29)18-20-7-2-4-10-24(20)31-21-8-5-11-26-17-21/h1-11,16-17,27H,12-15,18H2. The van der Waals surface area contributed by atoms with Gasteiger partial charge in [-0.15, -0.1) is 0 Å². The number of carbonyl (C=O) groups excluding carboxylic acids is 1. The molecule has 0 atom stereocenters. The number of benzene rings is 2. The lowest BCUT2D eigenvalue weighted by atomic mass is 10.1. The van der Waals surface area contributed by atoms with Crippen LogP contribution in [0.4, 0.5) is 0 Å². The molecular weight excluding hydrogens is 388 g/mol. The van der Waals surface area contributed by atoms with Gasteiger partial charge in [-0.3, -0.25) is 14.7 Å². The van der Waals surface area contributed by atoms with Gasteiger partial charge >= 0.3 is 0 Å². The van der Waals surface area contributed by atoms with E-state index in [4.69, 9.17) is 4.74 Å². The SMILES string of the molecule is O=C(c1cc2ccccc2[nH]1)N1CCN(Cc2ccccc2Oc2cccnc2)CC1. The fraction of sp³-hybridized carbons (Fsp3) is 0.200. The molecule has 1 fully saturated rings. The molecule has 2 aromatic heterocycles. The number of aromatic amines is 1. The number of pyridine rings is 1. The van der Waals surface area contributed by atoms with E-state index in [-0.39, 0.29) is 5.91 Å². The lowest BCUT2D eigenvalue weighted by molar-refractivity contribution is 0.0623. The van der Waals surface area contributed by atoms with Crippen molar-refractivity contribution in [3.8, 4) is 11.5 Å². The Morgan fingerprint density at radius 3 is 2.58 bits per heavy atom. The average Bonchev–Trinajstić information content (AvgIpc) is 3.25. The normalized spacial score (nSPS) is 14.6. The second-order valence-corrected chi connectivity index (χ2v) is 7.74. The number of ether oxygens (including phenoxy) is 1. The van der Waals surface area contributed by atoms with E-state index in [1.807, 2.05) is 65.6 Å². The molecule has 156 valence electrons. The summed E-state index contributed by atoms with van der Waals surface area (Å²) >= 11 is 0. The number of rotatable bonds is 5. The minimum absolute atomic E-state index is 0.0659. The molecule has 2 aromatic carbocycles. The Kier molecular flexibility index (Phi) is 5.37. The number of hydrogen-bond acceptors (Lipinski definition) is 4. The Morgan fingerprint density at radius 2 is 1.77 bits per heavy atom. The van der Waals surface area contributed by atoms with Gasteiger partial charge in [-0.1, -0.05) is 36.4 Å². The smallest absolute Gasteiger partial charge is 0.270 e. The molecule has 1 aliphatic rings. The fourth-order valence-corrected chi connectivity index (χ4v) is 3.98. The number of piperazine rings is 1. The van der Waals surface area contributed by atoms with Gasteiger partial charge in [-0.05, 0) is 30.3 Å². The first kappa shape index (κ1) is 19.3. The third-order valence-corrected chi connectivity index (χ3v) is 5.65. The van der Waals surface area contributed by atoms with E-state index in [1.54, 1.807) is 12.4 Å². The topological polar surface area (TPSA) is 61.5 Å². The van der Waals surface area contributed by atoms with Gasteiger partial charge in [0.2, 0.25) is 0 Å². The molecule has 5 rings (SSSR count). The van der Waals surface area contributed by atoms with Crippen LogP contribution < -0.4 is 4.74 Å². The van der Waals surface area contributed by atoms with E-state index >= 15 is 0 Å². The number of aromatic nitrogens is 2. The van der Waals surface area contributed by atoms with Crippen LogP contribution in [0.3, 0.4) is 0 Å². The molecule has 0 unspecified atom stereocenters. The monoisotopic (exact) mass is 412 g/mol. The zero-order valence-electron chi connectivity index (χ0n) is 17.2. The Balaban J connectivity index is 1.22. The van der Waals surface area contributed by atoms with Gasteiger partial charge in [-0.25, -0.2) is 0 Å². The second-order valence-electron chi connectivity index (χ2n) is 7.74. The second kappa shape index (κ2) is 8.62. The molecule has 3 heterocycles. The van der Waals surface area contributed by atoms with E-state index < -0.39 is 0 Å². The van der Waals surface area contributed by atoms with Crippen LogP contribution in [0.25, 0.3) is 10.9 Å². The van der Waals surface area contributed by atoms with Crippen molar-refractivity contribution in [3.63, 3.8) is 0 Å². The van der Waals surface area contributed by atoms with Gasteiger partial charge in [0.25, 0.3) is 5.91 Å². The van der Waals surface area contributed by atoms with Crippen molar-refractivity contribution in [2.24, 2.45) is 0 Å². The molecule has 1 amide bonds. The molecule has 6 heteroatoms. The molecule has 1 aliphatic heterocycles. The van der Waals surface area contributed by atoms with Gasteiger partial charge in [0.05, 0.1) is 6.20 Å². The summed E-state index contributed by atoms with van der Waals surface area (Å²) in [7, 11) is 0. The number of nitrogens with one attached hydrogen (secondary N) is 1. The maximum atomic E-state index is 12.9. The number of hydrogen-bond donors (Lipinski definition) is 1. The first-order valence-electron chi connectivity index (χ1n) is 10.5. The summed E-state index contributed by atoms with van der Waals surface area (Å²) in [6.45, 7) is 3.85. The predicted octanol–water partition coefficient (Wildman–Crippen LogP) is 4.31. The van der Waals surface area contributed by atoms with Crippen LogP contribution >= 0.6 is 0 Å². The summed E-state index contributed by atoms with van der Waals surface area (Å²) in [6.07, 6.45) is 3.45. The molecule has 0 aliphatic carbocycles. The first-order chi connectivity index (χ1) is 15.3. The van der Waals surface area contributed by atoms with Gasteiger partial charge in [-0.2, -0.15) is 0 Å². The molecule has 0 saturated carbocycles. The number of H-pyrrole nitrogens is 1. The zero-order chi connectivity index (χ0) is 21.0. The number of amides is 1. The highest BCUT2D eigenvalue weighted by atomic mass is 16.5. The third kappa shape index (κ3) is 4.29. The van der Waals surface area contributed by atoms with E-state index in [0.717, 1.165) is 47.6 Å². The van der Waals surface area contributed by atoms with Crippen molar-refractivity contribution < 1.29 is 9.53 Å². The lowest BCUT2D eigenvalue weighted by Crippen LogP contribution is -2.48. The van der Waals surface area contributed by atoms with Crippen LogP contribution in [-0.2, 0) is 6.54 Å². The van der Waals surface area contributed by atoms with Crippen LogP contribution in [0.2, 0.25) is 0 Å². The van der Waals surface area contributed by atoms with E-state index in [0.29, 0.717) is 18.8 Å². The molecule has 6 nitrogen and oxygen atoms in total. The van der Waals surface area contributed by atoms with Crippen LogP contribution in [0, 0.1) is 0 Å². The lowest BCUT2D eigenvalue weighted by Gasteiger charge is -2.34. The average molecular weight is 412 g/mol. The summed E-state index contributed by atoms with van der Waals surface area (Å²) in [5, 5.41) is 1.06. The van der Waals surface area contributed by atoms with Crippen LogP contribution in [0.1, 0.15) is 16.1 Å². The number of carbonyl (C=O) groups is 1. The predicted molar refractivity (Wildman–Crippen MR) is 120 cm³/mol. The third-order valence-electron chi connectivity index (χ3n) is 5.65. The Hall–Kier alpha value is -3.64. The van der Waals surface area contributed by atoms with Crippen molar-refractivity contribution in [3.05, 3.63) is 90.4 Å². The molecular formula is C25H24N4O2. The maximum Gasteiger partial charge on any atom is 0.270 e. The minimum atomic E-state index is 0.0659. The van der Waals surface area contributed by atoms with Crippen molar-refractivity contribution >= 4 is 16.8 Å².